The highest BCUT2D eigenvalue weighted by molar-refractivity contribution is 5.91. The zero-order valence-corrected chi connectivity index (χ0v) is 16.9. The number of aromatic hydroxyl groups is 1. The summed E-state index contributed by atoms with van der Waals surface area (Å²) in [6.45, 7) is 6.29. The maximum atomic E-state index is 10.4. The van der Waals surface area contributed by atoms with Crippen LogP contribution in [-0.4, -0.2) is 53.5 Å². The molecule has 0 amide bonds. The molecule has 29 heavy (non-hydrogen) atoms. The van der Waals surface area contributed by atoms with Gasteiger partial charge in [0.25, 0.3) is 0 Å². The summed E-state index contributed by atoms with van der Waals surface area (Å²) in [5, 5.41) is 14.9. The van der Waals surface area contributed by atoms with E-state index in [0.29, 0.717) is 34.7 Å². The van der Waals surface area contributed by atoms with Crippen molar-refractivity contribution in [1.82, 2.24) is 15.3 Å². The molecule has 7 heteroatoms. The van der Waals surface area contributed by atoms with Crippen molar-refractivity contribution in [1.29, 1.82) is 0 Å². The van der Waals surface area contributed by atoms with Crippen LogP contribution in [0.2, 0.25) is 0 Å². The standard InChI is InChI=1S/C22H26N6O/c1-13-11-28(12-14(2)26-13)17-6-15-4-5-20(27-22(15)25-10-17)18-7-16(9-24-3)19(23)8-21(18)29/h4-10,13-14,26,29H,11-12,23H2,1-3H3/t13-,14+. The molecule has 3 heterocycles. The quantitative estimate of drug-likeness (QED) is 0.470. The summed E-state index contributed by atoms with van der Waals surface area (Å²) in [5.41, 5.74) is 10.2. The molecule has 2 aromatic heterocycles. The molecule has 1 saturated heterocycles. The van der Waals surface area contributed by atoms with Crippen LogP contribution in [-0.2, 0) is 0 Å². The number of nitrogen functional groups attached to an aromatic ring is 1. The van der Waals surface area contributed by atoms with Crippen LogP contribution in [0.15, 0.2) is 41.5 Å². The summed E-state index contributed by atoms with van der Waals surface area (Å²) in [4.78, 5) is 15.6. The predicted molar refractivity (Wildman–Crippen MR) is 119 cm³/mol. The Labute approximate surface area is 170 Å². The number of anilines is 2. The van der Waals surface area contributed by atoms with Gasteiger partial charge in [-0.25, -0.2) is 9.97 Å². The number of phenolic OH excluding ortho intramolecular Hbond substituents is 1. The van der Waals surface area contributed by atoms with Crippen molar-refractivity contribution in [2.45, 2.75) is 25.9 Å². The Morgan fingerprint density at radius 3 is 2.69 bits per heavy atom. The minimum atomic E-state index is 0.0861. The molecule has 1 fully saturated rings. The Morgan fingerprint density at radius 1 is 1.21 bits per heavy atom. The van der Waals surface area contributed by atoms with E-state index >= 15 is 0 Å². The predicted octanol–water partition coefficient (Wildman–Crippen LogP) is 2.82. The molecule has 0 unspecified atom stereocenters. The molecule has 3 aromatic rings. The van der Waals surface area contributed by atoms with E-state index in [0.717, 1.165) is 29.7 Å². The van der Waals surface area contributed by atoms with Gasteiger partial charge in [0.1, 0.15) is 5.75 Å². The molecule has 0 radical (unpaired) electrons. The van der Waals surface area contributed by atoms with E-state index in [9.17, 15) is 5.11 Å². The third-order valence-electron chi connectivity index (χ3n) is 5.20. The van der Waals surface area contributed by atoms with E-state index in [-0.39, 0.29) is 5.75 Å². The van der Waals surface area contributed by atoms with E-state index in [2.05, 4.69) is 45.1 Å². The van der Waals surface area contributed by atoms with Gasteiger partial charge in [0, 0.05) is 66.7 Å². The van der Waals surface area contributed by atoms with Gasteiger partial charge in [-0.15, -0.1) is 0 Å². The van der Waals surface area contributed by atoms with Gasteiger partial charge in [-0.2, -0.15) is 0 Å². The van der Waals surface area contributed by atoms with Gasteiger partial charge in [0.05, 0.1) is 17.6 Å². The van der Waals surface area contributed by atoms with Crippen molar-refractivity contribution in [3.63, 3.8) is 0 Å². The average Bonchev–Trinajstić information content (AvgIpc) is 2.68. The molecule has 7 nitrogen and oxygen atoms in total. The molecule has 150 valence electrons. The second-order valence-electron chi connectivity index (χ2n) is 7.70. The minimum Gasteiger partial charge on any atom is -0.507 e. The van der Waals surface area contributed by atoms with Crippen molar-refractivity contribution < 1.29 is 5.11 Å². The lowest BCUT2D eigenvalue weighted by Crippen LogP contribution is -2.54. The normalized spacial score (nSPS) is 19.9. The van der Waals surface area contributed by atoms with Crippen molar-refractivity contribution in [2.24, 2.45) is 4.99 Å². The van der Waals surface area contributed by atoms with Crippen LogP contribution in [0.1, 0.15) is 19.4 Å². The van der Waals surface area contributed by atoms with E-state index in [1.54, 1.807) is 19.3 Å². The molecule has 0 bridgehead atoms. The molecule has 0 spiro atoms. The maximum Gasteiger partial charge on any atom is 0.159 e. The summed E-state index contributed by atoms with van der Waals surface area (Å²) in [5.74, 6) is 0.0861. The van der Waals surface area contributed by atoms with E-state index in [1.165, 1.54) is 6.07 Å². The SMILES string of the molecule is CN=Cc1cc(-c2ccc3cc(N4C[C@@H](C)N[C@@H](C)C4)cnc3n2)c(O)cc1N. The van der Waals surface area contributed by atoms with Crippen LogP contribution in [0.3, 0.4) is 0 Å². The molecular weight excluding hydrogens is 364 g/mol. The summed E-state index contributed by atoms with van der Waals surface area (Å²) in [6, 6.07) is 10.2. The first kappa shape index (κ1) is 19.1. The Hall–Kier alpha value is -3.19. The number of nitrogens with two attached hydrogens (primary N) is 1. The topological polar surface area (TPSA) is 99.7 Å². The molecule has 1 aliphatic heterocycles. The van der Waals surface area contributed by atoms with E-state index in [1.807, 2.05) is 18.3 Å². The Bertz CT molecular complexity index is 1070. The van der Waals surface area contributed by atoms with Crippen LogP contribution in [0, 0.1) is 0 Å². The monoisotopic (exact) mass is 390 g/mol. The number of nitrogens with zero attached hydrogens (tertiary/aromatic N) is 4. The third kappa shape index (κ3) is 3.86. The number of rotatable bonds is 3. The van der Waals surface area contributed by atoms with E-state index < -0.39 is 0 Å². The highest BCUT2D eigenvalue weighted by atomic mass is 16.3. The number of fused-ring (bicyclic) bond motifs is 1. The number of piperazine rings is 1. The van der Waals surface area contributed by atoms with Gasteiger partial charge in [0.15, 0.2) is 5.65 Å². The van der Waals surface area contributed by atoms with Crippen molar-refractivity contribution in [3.05, 3.63) is 42.1 Å². The summed E-state index contributed by atoms with van der Waals surface area (Å²) in [6.07, 6.45) is 3.54. The van der Waals surface area contributed by atoms with E-state index in [4.69, 9.17) is 5.73 Å². The number of hydrogen-bond acceptors (Lipinski definition) is 7. The Morgan fingerprint density at radius 2 is 1.97 bits per heavy atom. The fourth-order valence-electron chi connectivity index (χ4n) is 3.94. The minimum absolute atomic E-state index is 0.0861. The number of phenols is 1. The lowest BCUT2D eigenvalue weighted by molar-refractivity contribution is 0.407. The van der Waals surface area contributed by atoms with Gasteiger partial charge in [0.2, 0.25) is 0 Å². The maximum absolute atomic E-state index is 10.4. The number of aromatic nitrogens is 2. The van der Waals surface area contributed by atoms with Gasteiger partial charge in [-0.1, -0.05) is 0 Å². The lowest BCUT2D eigenvalue weighted by Gasteiger charge is -2.37. The molecule has 2 atom stereocenters. The largest absolute Gasteiger partial charge is 0.507 e. The molecular formula is C22H26N6O. The Kier molecular flexibility index (Phi) is 5.07. The number of aliphatic imine (C=N–C) groups is 1. The fourth-order valence-corrected chi connectivity index (χ4v) is 3.94. The summed E-state index contributed by atoms with van der Waals surface area (Å²) < 4.78 is 0. The second-order valence-corrected chi connectivity index (χ2v) is 7.70. The van der Waals surface area contributed by atoms with Crippen LogP contribution in [0.4, 0.5) is 11.4 Å². The van der Waals surface area contributed by atoms with Gasteiger partial charge < -0.3 is 21.1 Å². The van der Waals surface area contributed by atoms with Crippen molar-refractivity contribution in [2.75, 3.05) is 30.8 Å². The molecule has 4 N–H and O–H groups in total. The highest BCUT2D eigenvalue weighted by Crippen LogP contribution is 2.33. The van der Waals surface area contributed by atoms with Crippen LogP contribution < -0.4 is 16.0 Å². The van der Waals surface area contributed by atoms with Crippen LogP contribution >= 0.6 is 0 Å². The fraction of sp³-hybridized carbons (Fsp3) is 0.318. The second kappa shape index (κ2) is 7.67. The number of hydrogen-bond donors (Lipinski definition) is 3. The first-order valence-electron chi connectivity index (χ1n) is 9.77. The molecule has 0 aliphatic carbocycles. The number of pyridine rings is 2. The third-order valence-corrected chi connectivity index (χ3v) is 5.20. The highest BCUT2D eigenvalue weighted by Gasteiger charge is 2.21. The zero-order chi connectivity index (χ0) is 20.5. The molecule has 1 aromatic carbocycles. The molecule has 0 saturated carbocycles. The van der Waals surface area contributed by atoms with Gasteiger partial charge in [-0.05, 0) is 38.1 Å². The van der Waals surface area contributed by atoms with Gasteiger partial charge in [-0.3, -0.25) is 4.99 Å². The zero-order valence-electron chi connectivity index (χ0n) is 16.9. The van der Waals surface area contributed by atoms with Crippen LogP contribution in [0.5, 0.6) is 5.75 Å². The summed E-state index contributed by atoms with van der Waals surface area (Å²) >= 11 is 0. The number of benzene rings is 1. The van der Waals surface area contributed by atoms with Crippen molar-refractivity contribution in [3.8, 4) is 17.0 Å². The molecule has 4 rings (SSSR count). The summed E-state index contributed by atoms with van der Waals surface area (Å²) in [7, 11) is 1.68. The van der Waals surface area contributed by atoms with Gasteiger partial charge >= 0.3 is 0 Å². The van der Waals surface area contributed by atoms with Crippen molar-refractivity contribution >= 4 is 28.6 Å². The lowest BCUT2D eigenvalue weighted by atomic mass is 10.0. The smallest absolute Gasteiger partial charge is 0.159 e. The Balaban J connectivity index is 1.70. The average molecular weight is 390 g/mol. The number of nitrogens with one attached hydrogen (secondary N) is 1. The molecule has 1 aliphatic rings. The van der Waals surface area contributed by atoms with Crippen LogP contribution in [0.25, 0.3) is 22.3 Å². The first-order chi connectivity index (χ1) is 13.9. The first-order valence-corrected chi connectivity index (χ1v) is 9.77.